The molecule has 0 aromatic carbocycles. The molecule has 0 unspecified atom stereocenters. The Balaban J connectivity index is 2.07. The lowest BCUT2D eigenvalue weighted by Gasteiger charge is -2.01. The summed E-state index contributed by atoms with van der Waals surface area (Å²) in [5.41, 5.74) is 2.48. The standard InChI is InChI=1S/C14H17N3O2/c1-9-5-6-12(19-9)7-8-13(18)15-14-10(2)16-17(4)11(14)3/h5-8H,1-4H3,(H,15,18)/b8-7-. The number of aromatic nitrogens is 2. The molecule has 1 amide bonds. The topological polar surface area (TPSA) is 60.1 Å². The number of aryl methyl sites for hydroxylation is 3. The van der Waals surface area contributed by atoms with E-state index in [4.69, 9.17) is 4.42 Å². The summed E-state index contributed by atoms with van der Waals surface area (Å²) in [5, 5.41) is 7.07. The molecule has 0 saturated heterocycles. The molecular weight excluding hydrogens is 242 g/mol. The van der Waals surface area contributed by atoms with Gasteiger partial charge in [0.15, 0.2) is 0 Å². The fraction of sp³-hybridized carbons (Fsp3) is 0.286. The summed E-state index contributed by atoms with van der Waals surface area (Å²) in [6.45, 7) is 5.64. The number of carbonyl (C=O) groups is 1. The average molecular weight is 259 g/mol. The summed E-state index contributed by atoms with van der Waals surface area (Å²) >= 11 is 0. The van der Waals surface area contributed by atoms with Crippen LogP contribution in [0.15, 0.2) is 22.6 Å². The molecule has 2 aromatic heterocycles. The van der Waals surface area contributed by atoms with Gasteiger partial charge < -0.3 is 9.73 Å². The third-order valence-electron chi connectivity index (χ3n) is 2.92. The maximum absolute atomic E-state index is 11.8. The van der Waals surface area contributed by atoms with Crippen LogP contribution in [0, 0.1) is 20.8 Å². The first-order chi connectivity index (χ1) is 8.97. The number of hydrogen-bond acceptors (Lipinski definition) is 3. The Morgan fingerprint density at radius 2 is 2.11 bits per heavy atom. The average Bonchev–Trinajstić information content (AvgIpc) is 2.86. The van der Waals surface area contributed by atoms with Crippen LogP contribution in [0.25, 0.3) is 6.08 Å². The van der Waals surface area contributed by atoms with Crippen molar-refractivity contribution in [1.29, 1.82) is 0 Å². The van der Waals surface area contributed by atoms with Crippen LogP contribution in [0.1, 0.15) is 22.9 Å². The molecule has 2 heterocycles. The van der Waals surface area contributed by atoms with Gasteiger partial charge in [0, 0.05) is 13.1 Å². The third kappa shape index (κ3) is 2.93. The van der Waals surface area contributed by atoms with E-state index in [0.29, 0.717) is 5.76 Å². The summed E-state index contributed by atoms with van der Waals surface area (Å²) in [6, 6.07) is 3.67. The van der Waals surface area contributed by atoms with Crippen molar-refractivity contribution in [3.8, 4) is 0 Å². The molecule has 0 aliphatic carbocycles. The number of nitrogens with one attached hydrogen (secondary N) is 1. The van der Waals surface area contributed by atoms with Crippen LogP contribution in [-0.4, -0.2) is 15.7 Å². The Bertz CT molecular complexity index is 635. The lowest BCUT2D eigenvalue weighted by Crippen LogP contribution is -2.09. The van der Waals surface area contributed by atoms with Crippen LogP contribution in [0.2, 0.25) is 0 Å². The van der Waals surface area contributed by atoms with Crippen molar-refractivity contribution < 1.29 is 9.21 Å². The van der Waals surface area contributed by atoms with Gasteiger partial charge in [-0.15, -0.1) is 0 Å². The number of hydrogen-bond donors (Lipinski definition) is 1. The molecule has 0 bridgehead atoms. The van der Waals surface area contributed by atoms with Gasteiger partial charge in [-0.3, -0.25) is 9.48 Å². The normalized spacial score (nSPS) is 11.2. The van der Waals surface area contributed by atoms with Crippen molar-refractivity contribution in [2.45, 2.75) is 20.8 Å². The zero-order chi connectivity index (χ0) is 14.0. The molecule has 0 atom stereocenters. The third-order valence-corrected chi connectivity index (χ3v) is 2.92. The van der Waals surface area contributed by atoms with Gasteiger partial charge in [0.05, 0.1) is 17.1 Å². The van der Waals surface area contributed by atoms with E-state index in [1.54, 1.807) is 10.8 Å². The Kier molecular flexibility index (Phi) is 3.55. The zero-order valence-corrected chi connectivity index (χ0v) is 11.5. The molecule has 5 nitrogen and oxygen atoms in total. The van der Waals surface area contributed by atoms with E-state index < -0.39 is 0 Å². The minimum absolute atomic E-state index is 0.201. The maximum atomic E-state index is 11.8. The van der Waals surface area contributed by atoms with Crippen LogP contribution in [-0.2, 0) is 11.8 Å². The van der Waals surface area contributed by atoms with Gasteiger partial charge in [0.25, 0.3) is 0 Å². The molecule has 0 radical (unpaired) electrons. The second kappa shape index (κ2) is 5.14. The summed E-state index contributed by atoms with van der Waals surface area (Å²) in [6.07, 6.45) is 3.09. The molecule has 0 spiro atoms. The first-order valence-electron chi connectivity index (χ1n) is 6.03. The number of anilines is 1. The monoisotopic (exact) mass is 259 g/mol. The van der Waals surface area contributed by atoms with E-state index in [9.17, 15) is 4.79 Å². The number of carbonyl (C=O) groups excluding carboxylic acids is 1. The molecule has 0 aliphatic rings. The highest BCUT2D eigenvalue weighted by Crippen LogP contribution is 2.18. The van der Waals surface area contributed by atoms with Crippen LogP contribution >= 0.6 is 0 Å². The molecule has 19 heavy (non-hydrogen) atoms. The first-order valence-corrected chi connectivity index (χ1v) is 6.03. The summed E-state index contributed by atoms with van der Waals surface area (Å²) in [4.78, 5) is 11.8. The van der Waals surface area contributed by atoms with Gasteiger partial charge in [-0.25, -0.2) is 0 Å². The zero-order valence-electron chi connectivity index (χ0n) is 11.5. The van der Waals surface area contributed by atoms with E-state index in [1.165, 1.54) is 6.08 Å². The van der Waals surface area contributed by atoms with Crippen molar-refractivity contribution in [3.63, 3.8) is 0 Å². The van der Waals surface area contributed by atoms with Gasteiger partial charge in [-0.05, 0) is 39.0 Å². The smallest absolute Gasteiger partial charge is 0.248 e. The Morgan fingerprint density at radius 1 is 1.37 bits per heavy atom. The predicted molar refractivity (Wildman–Crippen MR) is 73.8 cm³/mol. The Hall–Kier alpha value is -2.30. The quantitative estimate of drug-likeness (QED) is 0.862. The molecule has 2 aromatic rings. The van der Waals surface area contributed by atoms with Crippen molar-refractivity contribution in [2.24, 2.45) is 7.05 Å². The van der Waals surface area contributed by atoms with Gasteiger partial charge in [-0.2, -0.15) is 5.10 Å². The van der Waals surface area contributed by atoms with E-state index in [1.807, 2.05) is 40.0 Å². The van der Waals surface area contributed by atoms with Crippen molar-refractivity contribution in [1.82, 2.24) is 9.78 Å². The lowest BCUT2D eigenvalue weighted by atomic mass is 10.3. The van der Waals surface area contributed by atoms with Crippen LogP contribution in [0.5, 0.6) is 0 Å². The molecular formula is C14H17N3O2. The first kappa shape index (κ1) is 13.1. The molecule has 100 valence electrons. The maximum Gasteiger partial charge on any atom is 0.248 e. The highest BCUT2D eigenvalue weighted by atomic mass is 16.3. The molecule has 2 rings (SSSR count). The molecule has 5 heteroatoms. The second-order valence-corrected chi connectivity index (χ2v) is 4.44. The minimum atomic E-state index is -0.201. The van der Waals surface area contributed by atoms with Crippen LogP contribution < -0.4 is 5.32 Å². The van der Waals surface area contributed by atoms with Gasteiger partial charge in [-0.1, -0.05) is 0 Å². The largest absolute Gasteiger partial charge is 0.462 e. The minimum Gasteiger partial charge on any atom is -0.462 e. The fourth-order valence-corrected chi connectivity index (χ4v) is 1.82. The van der Waals surface area contributed by atoms with E-state index in [-0.39, 0.29) is 5.91 Å². The fourth-order valence-electron chi connectivity index (χ4n) is 1.82. The van der Waals surface area contributed by atoms with Gasteiger partial charge in [0.2, 0.25) is 5.91 Å². The van der Waals surface area contributed by atoms with Crippen LogP contribution in [0.4, 0.5) is 5.69 Å². The summed E-state index contributed by atoms with van der Waals surface area (Å²) in [5.74, 6) is 1.28. The highest BCUT2D eigenvalue weighted by Gasteiger charge is 2.10. The molecule has 0 fully saturated rings. The van der Waals surface area contributed by atoms with Crippen molar-refractivity contribution in [2.75, 3.05) is 5.32 Å². The molecule has 0 aliphatic heterocycles. The molecule has 1 N–H and O–H groups in total. The molecule has 0 saturated carbocycles. The number of rotatable bonds is 3. The van der Waals surface area contributed by atoms with Gasteiger partial charge in [0.1, 0.15) is 11.5 Å². The van der Waals surface area contributed by atoms with E-state index in [2.05, 4.69) is 10.4 Å². The van der Waals surface area contributed by atoms with Gasteiger partial charge >= 0.3 is 0 Å². The Labute approximate surface area is 111 Å². The number of nitrogens with zero attached hydrogens (tertiary/aromatic N) is 2. The lowest BCUT2D eigenvalue weighted by molar-refractivity contribution is -0.111. The number of furan rings is 1. The van der Waals surface area contributed by atoms with E-state index >= 15 is 0 Å². The second-order valence-electron chi connectivity index (χ2n) is 4.44. The highest BCUT2D eigenvalue weighted by molar-refractivity contribution is 6.02. The van der Waals surface area contributed by atoms with E-state index in [0.717, 1.165) is 22.8 Å². The summed E-state index contributed by atoms with van der Waals surface area (Å²) < 4.78 is 7.09. The van der Waals surface area contributed by atoms with Crippen LogP contribution in [0.3, 0.4) is 0 Å². The van der Waals surface area contributed by atoms with Crippen molar-refractivity contribution >= 4 is 17.7 Å². The predicted octanol–water partition coefficient (Wildman–Crippen LogP) is 2.59. The SMILES string of the molecule is Cc1ccc(/C=C\C(=O)Nc2c(C)nn(C)c2C)o1. The van der Waals surface area contributed by atoms with Crippen molar-refractivity contribution in [3.05, 3.63) is 41.1 Å². The summed E-state index contributed by atoms with van der Waals surface area (Å²) in [7, 11) is 1.85. The number of amides is 1. The Morgan fingerprint density at radius 3 is 2.63 bits per heavy atom.